The van der Waals surface area contributed by atoms with Crippen LogP contribution in [-0.4, -0.2) is 28.8 Å². The quantitative estimate of drug-likeness (QED) is 0.444. The van der Waals surface area contributed by atoms with Gasteiger partial charge in [0.1, 0.15) is 16.5 Å². The van der Waals surface area contributed by atoms with Gasteiger partial charge in [-0.3, -0.25) is 25.0 Å². The fraction of sp³-hybridized carbons (Fsp3) is 0.0556. The van der Waals surface area contributed by atoms with Gasteiger partial charge in [-0.1, -0.05) is 11.6 Å². The SMILES string of the molecule is COc1ccc(C(=O)Nc2nc(C(=O)Nc3ccc(Cl)c([N+](=O)[O-])c3)cs2)cc1. The van der Waals surface area contributed by atoms with E-state index in [-0.39, 0.29) is 33.1 Å². The maximum Gasteiger partial charge on any atom is 0.289 e. The number of rotatable bonds is 6. The number of amides is 2. The first kappa shape index (κ1) is 20.2. The third kappa shape index (κ3) is 4.86. The second-order valence-corrected chi connectivity index (χ2v) is 6.86. The summed E-state index contributed by atoms with van der Waals surface area (Å²) in [7, 11) is 1.53. The molecule has 2 N–H and O–H groups in total. The zero-order chi connectivity index (χ0) is 21.0. The van der Waals surface area contributed by atoms with E-state index in [1.54, 1.807) is 24.3 Å². The normalized spacial score (nSPS) is 10.3. The number of nitrogens with zero attached hydrogens (tertiary/aromatic N) is 2. The van der Waals surface area contributed by atoms with Gasteiger partial charge in [-0.2, -0.15) is 0 Å². The van der Waals surface area contributed by atoms with Gasteiger partial charge < -0.3 is 10.1 Å². The summed E-state index contributed by atoms with van der Waals surface area (Å²) in [5.74, 6) is -0.345. The number of benzene rings is 2. The molecule has 11 heteroatoms. The van der Waals surface area contributed by atoms with Crippen molar-refractivity contribution in [3.05, 3.63) is 74.2 Å². The molecule has 148 valence electrons. The standard InChI is InChI=1S/C18H13ClN4O5S/c1-28-12-5-2-10(3-6-12)16(24)22-18-21-14(9-29-18)17(25)20-11-4-7-13(19)15(8-11)23(26)27/h2-9H,1H3,(H,20,25)(H,21,22,24). The number of ether oxygens (including phenoxy) is 1. The Labute approximate surface area is 173 Å². The molecule has 2 amide bonds. The number of carbonyl (C=O) groups is 2. The zero-order valence-electron chi connectivity index (χ0n) is 14.8. The van der Waals surface area contributed by atoms with Crippen LogP contribution in [0.2, 0.25) is 5.02 Å². The highest BCUT2D eigenvalue weighted by Gasteiger charge is 2.17. The molecule has 0 bridgehead atoms. The highest BCUT2D eigenvalue weighted by molar-refractivity contribution is 7.14. The van der Waals surface area contributed by atoms with Crippen molar-refractivity contribution in [2.45, 2.75) is 0 Å². The first-order chi connectivity index (χ1) is 13.9. The van der Waals surface area contributed by atoms with Crippen molar-refractivity contribution >= 4 is 51.3 Å². The molecule has 29 heavy (non-hydrogen) atoms. The van der Waals surface area contributed by atoms with Gasteiger partial charge in [-0.15, -0.1) is 11.3 Å². The summed E-state index contributed by atoms with van der Waals surface area (Å²) in [6.07, 6.45) is 0. The van der Waals surface area contributed by atoms with Gasteiger partial charge in [0.2, 0.25) is 0 Å². The molecule has 0 unspecified atom stereocenters. The zero-order valence-corrected chi connectivity index (χ0v) is 16.4. The maximum absolute atomic E-state index is 12.3. The van der Waals surface area contributed by atoms with E-state index in [4.69, 9.17) is 16.3 Å². The van der Waals surface area contributed by atoms with Crippen molar-refractivity contribution in [3.63, 3.8) is 0 Å². The molecule has 0 atom stereocenters. The van der Waals surface area contributed by atoms with Crippen molar-refractivity contribution in [2.75, 3.05) is 17.7 Å². The molecule has 0 aliphatic carbocycles. The smallest absolute Gasteiger partial charge is 0.289 e. The van der Waals surface area contributed by atoms with Crippen LogP contribution in [0.1, 0.15) is 20.8 Å². The van der Waals surface area contributed by atoms with Crippen LogP contribution < -0.4 is 15.4 Å². The van der Waals surface area contributed by atoms with Crippen molar-refractivity contribution in [3.8, 4) is 5.75 Å². The predicted octanol–water partition coefficient (Wildman–Crippen LogP) is 4.22. The Morgan fingerprint density at radius 2 is 1.86 bits per heavy atom. The van der Waals surface area contributed by atoms with Gasteiger partial charge in [-0.05, 0) is 36.4 Å². The highest BCUT2D eigenvalue weighted by atomic mass is 35.5. The van der Waals surface area contributed by atoms with Gasteiger partial charge in [0.25, 0.3) is 17.5 Å². The Hall–Kier alpha value is -3.50. The molecule has 1 aromatic heterocycles. The van der Waals surface area contributed by atoms with E-state index >= 15 is 0 Å². The Balaban J connectivity index is 1.67. The third-order valence-electron chi connectivity index (χ3n) is 3.71. The number of anilines is 2. The van der Waals surface area contributed by atoms with E-state index in [0.29, 0.717) is 11.3 Å². The van der Waals surface area contributed by atoms with Crippen LogP contribution in [0.4, 0.5) is 16.5 Å². The third-order valence-corrected chi connectivity index (χ3v) is 4.79. The first-order valence-corrected chi connectivity index (χ1v) is 9.29. The first-order valence-electron chi connectivity index (χ1n) is 8.03. The predicted molar refractivity (Wildman–Crippen MR) is 109 cm³/mol. The van der Waals surface area contributed by atoms with Gasteiger partial charge in [-0.25, -0.2) is 4.98 Å². The van der Waals surface area contributed by atoms with Crippen LogP contribution in [-0.2, 0) is 0 Å². The van der Waals surface area contributed by atoms with Crippen molar-refractivity contribution in [1.29, 1.82) is 0 Å². The second-order valence-electron chi connectivity index (χ2n) is 5.60. The number of aromatic nitrogens is 1. The molecule has 9 nitrogen and oxygen atoms in total. The topological polar surface area (TPSA) is 123 Å². The largest absolute Gasteiger partial charge is 0.497 e. The minimum Gasteiger partial charge on any atom is -0.497 e. The number of hydrogen-bond donors (Lipinski definition) is 2. The van der Waals surface area contributed by atoms with Crippen LogP contribution >= 0.6 is 22.9 Å². The molecule has 2 aromatic carbocycles. The molecule has 0 radical (unpaired) electrons. The number of hydrogen-bond acceptors (Lipinski definition) is 7. The summed E-state index contributed by atoms with van der Waals surface area (Å²) >= 11 is 6.82. The molecular weight excluding hydrogens is 420 g/mol. The summed E-state index contributed by atoms with van der Waals surface area (Å²) in [5.41, 5.74) is 0.330. The summed E-state index contributed by atoms with van der Waals surface area (Å²) in [5, 5.41) is 17.7. The van der Waals surface area contributed by atoms with Crippen LogP contribution in [0.3, 0.4) is 0 Å². The molecule has 0 aliphatic rings. The number of nitro groups is 1. The average molecular weight is 433 g/mol. The molecule has 3 aromatic rings. The van der Waals surface area contributed by atoms with Crippen molar-refractivity contribution in [2.24, 2.45) is 0 Å². The number of nitro benzene ring substituents is 1. The number of carbonyl (C=O) groups excluding carboxylic acids is 2. The van der Waals surface area contributed by atoms with E-state index in [2.05, 4.69) is 15.6 Å². The maximum atomic E-state index is 12.3. The number of nitrogens with one attached hydrogen (secondary N) is 2. The van der Waals surface area contributed by atoms with E-state index in [9.17, 15) is 19.7 Å². The monoisotopic (exact) mass is 432 g/mol. The molecule has 0 saturated heterocycles. The molecule has 1 heterocycles. The molecule has 0 spiro atoms. The van der Waals surface area contributed by atoms with E-state index in [0.717, 1.165) is 17.4 Å². The summed E-state index contributed by atoms with van der Waals surface area (Å²) in [6.45, 7) is 0. The minimum absolute atomic E-state index is 0.0369. The lowest BCUT2D eigenvalue weighted by atomic mass is 10.2. The van der Waals surface area contributed by atoms with Crippen LogP contribution in [0.5, 0.6) is 5.75 Å². The minimum atomic E-state index is -0.645. The fourth-order valence-electron chi connectivity index (χ4n) is 2.27. The number of methoxy groups -OCH3 is 1. The fourth-order valence-corrected chi connectivity index (χ4v) is 3.14. The summed E-state index contributed by atoms with van der Waals surface area (Å²) in [6, 6.07) is 10.4. The van der Waals surface area contributed by atoms with Crippen LogP contribution in [0.15, 0.2) is 47.8 Å². The molecule has 3 rings (SSSR count). The Bertz CT molecular complexity index is 1080. The van der Waals surface area contributed by atoms with Gasteiger partial charge >= 0.3 is 0 Å². The average Bonchev–Trinajstić information content (AvgIpc) is 3.18. The number of thiazole rings is 1. The van der Waals surface area contributed by atoms with Crippen molar-refractivity contribution < 1.29 is 19.2 Å². The van der Waals surface area contributed by atoms with Gasteiger partial charge in [0.05, 0.1) is 12.0 Å². The van der Waals surface area contributed by atoms with Crippen LogP contribution in [0, 0.1) is 10.1 Å². The lowest BCUT2D eigenvalue weighted by Gasteiger charge is -2.04. The Morgan fingerprint density at radius 1 is 1.14 bits per heavy atom. The lowest BCUT2D eigenvalue weighted by molar-refractivity contribution is -0.384. The van der Waals surface area contributed by atoms with E-state index < -0.39 is 10.8 Å². The highest BCUT2D eigenvalue weighted by Crippen LogP contribution is 2.28. The van der Waals surface area contributed by atoms with E-state index in [1.807, 2.05) is 0 Å². The Kier molecular flexibility index (Phi) is 6.05. The molecule has 0 aliphatic heterocycles. The van der Waals surface area contributed by atoms with Crippen LogP contribution in [0.25, 0.3) is 0 Å². The lowest BCUT2D eigenvalue weighted by Crippen LogP contribution is -2.14. The molecular formula is C18H13ClN4O5S. The van der Waals surface area contributed by atoms with Gasteiger partial charge in [0.15, 0.2) is 5.13 Å². The summed E-state index contributed by atoms with van der Waals surface area (Å²) < 4.78 is 5.04. The second kappa shape index (κ2) is 8.67. The molecule has 0 fully saturated rings. The Morgan fingerprint density at radius 3 is 2.52 bits per heavy atom. The van der Waals surface area contributed by atoms with E-state index in [1.165, 1.54) is 24.6 Å². The van der Waals surface area contributed by atoms with Crippen molar-refractivity contribution in [1.82, 2.24) is 4.98 Å². The molecule has 0 saturated carbocycles. The van der Waals surface area contributed by atoms with Gasteiger partial charge in [0, 0.05) is 22.7 Å². The summed E-state index contributed by atoms with van der Waals surface area (Å²) in [4.78, 5) is 38.9. The number of halogens is 1.